The number of carbonyl (C=O) groups excluding carboxylic acids is 1. The number of aromatic nitrogens is 2. The first-order chi connectivity index (χ1) is 19.0. The van der Waals surface area contributed by atoms with Crippen LogP contribution in [0.3, 0.4) is 0 Å². The fraction of sp³-hybridized carbons (Fsp3) is 0.0667. The molecule has 1 aliphatic rings. The maximum absolute atomic E-state index is 13.5. The van der Waals surface area contributed by atoms with Gasteiger partial charge in [-0.15, -0.1) is 0 Å². The Hall–Kier alpha value is -4.76. The highest BCUT2D eigenvalue weighted by atomic mass is 79.9. The third kappa shape index (κ3) is 4.92. The number of esters is 1. The van der Waals surface area contributed by atoms with Crippen molar-refractivity contribution in [1.29, 1.82) is 0 Å². The van der Waals surface area contributed by atoms with E-state index in [4.69, 9.17) is 19.2 Å². The Morgan fingerprint density at radius 3 is 2.64 bits per heavy atom. The van der Waals surface area contributed by atoms with Gasteiger partial charge in [0.2, 0.25) is 6.79 Å². The Bertz CT molecular complexity index is 1830. The molecule has 9 heteroatoms. The zero-order chi connectivity index (χ0) is 26.9. The Morgan fingerprint density at radius 1 is 1.00 bits per heavy atom. The van der Waals surface area contributed by atoms with Crippen molar-refractivity contribution in [3.8, 4) is 28.6 Å². The number of benzene rings is 4. The quantitative estimate of drug-likeness (QED) is 0.144. The second kappa shape index (κ2) is 10.2. The Labute approximate surface area is 231 Å². The highest BCUT2D eigenvalue weighted by Gasteiger charge is 2.19. The molecule has 0 saturated carbocycles. The molecular weight excluding hydrogens is 562 g/mol. The number of nitrogens with zero attached hydrogens (tertiary/aromatic N) is 3. The molecule has 0 N–H and O–H groups in total. The highest BCUT2D eigenvalue weighted by Crippen LogP contribution is 2.33. The van der Waals surface area contributed by atoms with Gasteiger partial charge in [0, 0.05) is 15.6 Å². The van der Waals surface area contributed by atoms with Crippen LogP contribution in [0, 0.1) is 6.92 Å². The van der Waals surface area contributed by atoms with E-state index in [-0.39, 0.29) is 18.1 Å². The van der Waals surface area contributed by atoms with Crippen molar-refractivity contribution >= 4 is 39.0 Å². The zero-order valence-corrected chi connectivity index (χ0v) is 22.2. The molecule has 0 aliphatic carbocycles. The normalized spacial score (nSPS) is 12.3. The third-order valence-corrected chi connectivity index (χ3v) is 6.65. The molecule has 2 heterocycles. The van der Waals surface area contributed by atoms with E-state index in [1.165, 1.54) is 10.9 Å². The first-order valence-electron chi connectivity index (χ1n) is 12.0. The minimum absolute atomic E-state index is 0.106. The van der Waals surface area contributed by atoms with Gasteiger partial charge in [-0.1, -0.05) is 57.9 Å². The van der Waals surface area contributed by atoms with Crippen molar-refractivity contribution in [2.75, 3.05) is 6.79 Å². The summed E-state index contributed by atoms with van der Waals surface area (Å²) in [5.41, 5.74) is 2.87. The summed E-state index contributed by atoms with van der Waals surface area (Å²) in [6.07, 6.45) is 1.47. The maximum atomic E-state index is 13.5. The lowest BCUT2D eigenvalue weighted by Gasteiger charge is -2.11. The number of carbonyl (C=O) groups is 1. The number of hydrogen-bond donors (Lipinski definition) is 0. The number of ether oxygens (including phenoxy) is 3. The molecular formula is C30H20BrN3O5. The SMILES string of the molecule is Cc1ccc(-c2nc3ccccc3c(=O)n2N=Cc2cc(Br)ccc2OC(=O)c2ccc3c(c2)OCO3)cc1. The summed E-state index contributed by atoms with van der Waals surface area (Å²) in [5.74, 6) is 1.14. The molecule has 0 radical (unpaired) electrons. The van der Waals surface area contributed by atoms with Gasteiger partial charge in [0.05, 0.1) is 22.7 Å². The van der Waals surface area contributed by atoms with Crippen LogP contribution in [0.25, 0.3) is 22.3 Å². The van der Waals surface area contributed by atoms with Gasteiger partial charge in [-0.3, -0.25) is 4.79 Å². The van der Waals surface area contributed by atoms with E-state index in [0.717, 1.165) is 15.6 Å². The van der Waals surface area contributed by atoms with Gasteiger partial charge in [0.1, 0.15) is 5.75 Å². The Balaban J connectivity index is 1.40. The summed E-state index contributed by atoms with van der Waals surface area (Å²) in [6.45, 7) is 2.09. The lowest BCUT2D eigenvalue weighted by atomic mass is 10.1. The molecule has 1 aromatic heterocycles. The summed E-state index contributed by atoms with van der Waals surface area (Å²) in [6, 6.07) is 24.8. The molecule has 0 amide bonds. The largest absolute Gasteiger partial charge is 0.454 e. The van der Waals surface area contributed by atoms with Crippen LogP contribution in [-0.4, -0.2) is 28.6 Å². The summed E-state index contributed by atoms with van der Waals surface area (Å²) in [5, 5.41) is 4.96. The molecule has 8 nitrogen and oxygen atoms in total. The van der Waals surface area contributed by atoms with Crippen molar-refractivity contribution in [2.24, 2.45) is 5.10 Å². The third-order valence-electron chi connectivity index (χ3n) is 6.16. The van der Waals surface area contributed by atoms with Crippen molar-refractivity contribution < 1.29 is 19.0 Å². The molecule has 0 saturated heterocycles. The number of aryl methyl sites for hydroxylation is 1. The fourth-order valence-electron chi connectivity index (χ4n) is 4.14. The highest BCUT2D eigenvalue weighted by molar-refractivity contribution is 9.10. The van der Waals surface area contributed by atoms with E-state index < -0.39 is 5.97 Å². The molecule has 0 unspecified atom stereocenters. The van der Waals surface area contributed by atoms with E-state index in [0.29, 0.717) is 39.4 Å². The molecule has 0 bridgehead atoms. The van der Waals surface area contributed by atoms with E-state index in [2.05, 4.69) is 21.0 Å². The summed E-state index contributed by atoms with van der Waals surface area (Å²) in [7, 11) is 0. The fourth-order valence-corrected chi connectivity index (χ4v) is 4.51. The standard InChI is InChI=1S/C30H20BrN3O5/c1-18-6-8-19(9-7-18)28-33-24-5-3-2-4-23(24)29(35)34(28)32-16-21-14-22(31)11-13-25(21)39-30(36)20-10-12-26-27(15-20)38-17-37-26/h2-16H,17H2,1H3. The van der Waals surface area contributed by atoms with E-state index in [1.807, 2.05) is 37.3 Å². The second-order valence-corrected chi connectivity index (χ2v) is 9.74. The number of fused-ring (bicyclic) bond motifs is 2. The summed E-state index contributed by atoms with van der Waals surface area (Å²) in [4.78, 5) is 31.2. The molecule has 0 fully saturated rings. The summed E-state index contributed by atoms with van der Waals surface area (Å²) >= 11 is 3.46. The lowest BCUT2D eigenvalue weighted by Crippen LogP contribution is -2.20. The van der Waals surface area contributed by atoms with Crippen LogP contribution in [0.1, 0.15) is 21.5 Å². The Morgan fingerprint density at radius 2 is 1.79 bits per heavy atom. The van der Waals surface area contributed by atoms with Crippen LogP contribution in [0.2, 0.25) is 0 Å². The molecule has 0 atom stereocenters. The Kier molecular flexibility index (Phi) is 6.42. The van der Waals surface area contributed by atoms with Gasteiger partial charge < -0.3 is 14.2 Å². The summed E-state index contributed by atoms with van der Waals surface area (Å²) < 4.78 is 18.4. The van der Waals surface area contributed by atoms with Crippen LogP contribution >= 0.6 is 15.9 Å². The zero-order valence-electron chi connectivity index (χ0n) is 20.6. The van der Waals surface area contributed by atoms with Crippen molar-refractivity contribution in [2.45, 2.75) is 6.92 Å². The smallest absolute Gasteiger partial charge is 0.343 e. The second-order valence-electron chi connectivity index (χ2n) is 8.82. The average Bonchev–Trinajstić information content (AvgIpc) is 3.42. The predicted octanol–water partition coefficient (Wildman–Crippen LogP) is 5.96. The van der Waals surface area contributed by atoms with Crippen LogP contribution < -0.4 is 19.8 Å². The van der Waals surface area contributed by atoms with Crippen LogP contribution in [0.5, 0.6) is 17.2 Å². The van der Waals surface area contributed by atoms with Crippen molar-refractivity contribution in [3.63, 3.8) is 0 Å². The number of hydrogen-bond acceptors (Lipinski definition) is 7. The van der Waals surface area contributed by atoms with Gasteiger partial charge in [-0.05, 0) is 55.5 Å². The first-order valence-corrected chi connectivity index (χ1v) is 12.8. The maximum Gasteiger partial charge on any atom is 0.343 e. The van der Waals surface area contributed by atoms with Gasteiger partial charge >= 0.3 is 5.97 Å². The number of para-hydroxylation sites is 1. The lowest BCUT2D eigenvalue weighted by molar-refractivity contribution is 0.0734. The van der Waals surface area contributed by atoms with Gasteiger partial charge in [0.15, 0.2) is 17.3 Å². The van der Waals surface area contributed by atoms with Crippen LogP contribution in [-0.2, 0) is 0 Å². The van der Waals surface area contributed by atoms with Crippen molar-refractivity contribution in [3.05, 3.63) is 116 Å². The number of halogens is 1. The van der Waals surface area contributed by atoms with E-state index >= 15 is 0 Å². The monoisotopic (exact) mass is 581 g/mol. The van der Waals surface area contributed by atoms with Crippen LogP contribution in [0.4, 0.5) is 0 Å². The molecule has 39 heavy (non-hydrogen) atoms. The predicted molar refractivity (Wildman–Crippen MR) is 151 cm³/mol. The van der Waals surface area contributed by atoms with Gasteiger partial charge in [-0.25, -0.2) is 9.78 Å². The van der Waals surface area contributed by atoms with Crippen LogP contribution in [0.15, 0.2) is 99.3 Å². The average molecular weight is 582 g/mol. The van der Waals surface area contributed by atoms with Gasteiger partial charge in [-0.2, -0.15) is 9.78 Å². The van der Waals surface area contributed by atoms with E-state index in [9.17, 15) is 9.59 Å². The minimum atomic E-state index is -0.574. The molecule has 4 aromatic carbocycles. The molecule has 0 spiro atoms. The molecule has 6 rings (SSSR count). The number of rotatable bonds is 5. The molecule has 192 valence electrons. The van der Waals surface area contributed by atoms with Crippen molar-refractivity contribution in [1.82, 2.24) is 9.66 Å². The first kappa shape index (κ1) is 24.6. The molecule has 5 aromatic rings. The minimum Gasteiger partial charge on any atom is -0.454 e. The van der Waals surface area contributed by atoms with E-state index in [1.54, 1.807) is 54.6 Å². The van der Waals surface area contributed by atoms with Gasteiger partial charge in [0.25, 0.3) is 5.56 Å². The molecule has 1 aliphatic heterocycles. The topological polar surface area (TPSA) is 92.0 Å².